The topological polar surface area (TPSA) is 71.6 Å². The van der Waals surface area contributed by atoms with E-state index in [1.165, 1.54) is 0 Å². The van der Waals surface area contributed by atoms with E-state index < -0.39 is 0 Å². The number of nitriles is 2. The molecule has 11 heavy (non-hydrogen) atoms. The lowest BCUT2D eigenvalue weighted by molar-refractivity contribution is 0.593. The van der Waals surface area contributed by atoms with Gasteiger partial charge in [-0.3, -0.25) is 0 Å². The Labute approximate surface area is 66.8 Å². The van der Waals surface area contributed by atoms with Crippen molar-refractivity contribution in [2.24, 2.45) is 0 Å². The summed E-state index contributed by atoms with van der Waals surface area (Å²) in [6.45, 7) is 2.08. The van der Waals surface area contributed by atoms with Crippen LogP contribution in [0.15, 0.2) is 0 Å². The highest BCUT2D eigenvalue weighted by Crippen LogP contribution is 1.70. The van der Waals surface area contributed by atoms with E-state index in [-0.39, 0.29) is 0 Å². The molecule has 0 heterocycles. The predicted octanol–water partition coefficient (Wildman–Crippen LogP) is -0.0495. The Hall–Kier alpha value is -1.10. The maximum absolute atomic E-state index is 8.15. The number of nitrogens with one attached hydrogen (secondary N) is 2. The minimum Gasteiger partial charge on any atom is -0.303 e. The van der Waals surface area contributed by atoms with Gasteiger partial charge in [0.05, 0.1) is 12.1 Å². The third-order valence-electron chi connectivity index (χ3n) is 1.08. The fraction of sp³-hybridized carbons (Fsp3) is 0.714. The molecule has 0 amide bonds. The first-order chi connectivity index (χ1) is 5.41. The number of hydrogen-bond acceptors (Lipinski definition) is 4. The minimum absolute atomic E-state index is 0.528. The quantitative estimate of drug-likeness (QED) is 0.413. The first-order valence-corrected chi connectivity index (χ1v) is 3.57. The van der Waals surface area contributed by atoms with E-state index >= 15 is 0 Å². The van der Waals surface area contributed by atoms with Crippen LogP contribution in [0, 0.1) is 22.7 Å². The molecule has 0 aliphatic heterocycles. The Balaban J connectivity index is 2.82. The number of rotatable bonds is 6. The zero-order chi connectivity index (χ0) is 8.36. The van der Waals surface area contributed by atoms with Gasteiger partial charge in [-0.05, 0) is 0 Å². The van der Waals surface area contributed by atoms with Gasteiger partial charge in [0.25, 0.3) is 0 Å². The summed E-state index contributed by atoms with van der Waals surface area (Å²) in [5.74, 6) is 0. The fourth-order valence-corrected chi connectivity index (χ4v) is 0.554. The van der Waals surface area contributed by atoms with Gasteiger partial charge in [0.1, 0.15) is 0 Å². The molecule has 4 nitrogen and oxygen atoms in total. The molecule has 0 aromatic heterocycles. The van der Waals surface area contributed by atoms with Crippen molar-refractivity contribution in [1.29, 1.82) is 10.5 Å². The van der Waals surface area contributed by atoms with Crippen molar-refractivity contribution in [2.45, 2.75) is 12.8 Å². The summed E-state index contributed by atoms with van der Waals surface area (Å²) in [6, 6.07) is 4.05. The summed E-state index contributed by atoms with van der Waals surface area (Å²) in [4.78, 5) is 0. The molecule has 0 radical (unpaired) electrons. The van der Waals surface area contributed by atoms with E-state index in [0.29, 0.717) is 32.6 Å². The summed E-state index contributed by atoms with van der Waals surface area (Å²) in [5, 5.41) is 22.3. The lowest BCUT2D eigenvalue weighted by Crippen LogP contribution is -2.30. The highest BCUT2D eigenvalue weighted by atomic mass is 15.0. The van der Waals surface area contributed by atoms with E-state index in [1.807, 2.05) is 12.1 Å². The van der Waals surface area contributed by atoms with Crippen LogP contribution in [0.5, 0.6) is 0 Å². The Bertz CT molecular complexity index is 135. The van der Waals surface area contributed by atoms with Gasteiger partial charge in [0.2, 0.25) is 0 Å². The normalized spacial score (nSPS) is 8.55. The third-order valence-corrected chi connectivity index (χ3v) is 1.08. The fourth-order valence-electron chi connectivity index (χ4n) is 0.554. The Morgan fingerprint density at radius 3 is 1.73 bits per heavy atom. The van der Waals surface area contributed by atoms with Crippen molar-refractivity contribution >= 4 is 0 Å². The van der Waals surface area contributed by atoms with Gasteiger partial charge in [0.15, 0.2) is 0 Å². The second-order valence-corrected chi connectivity index (χ2v) is 1.99. The molecule has 0 aliphatic rings. The molecule has 0 spiro atoms. The Morgan fingerprint density at radius 2 is 1.36 bits per heavy atom. The van der Waals surface area contributed by atoms with Crippen molar-refractivity contribution in [1.82, 2.24) is 10.6 Å². The van der Waals surface area contributed by atoms with Crippen LogP contribution in [-0.4, -0.2) is 19.8 Å². The van der Waals surface area contributed by atoms with Crippen LogP contribution < -0.4 is 10.6 Å². The van der Waals surface area contributed by atoms with Gasteiger partial charge in [-0.25, -0.2) is 0 Å². The Kier molecular flexibility index (Phi) is 8.01. The monoisotopic (exact) mass is 152 g/mol. The van der Waals surface area contributed by atoms with Gasteiger partial charge < -0.3 is 10.6 Å². The van der Waals surface area contributed by atoms with Crippen LogP contribution in [0.2, 0.25) is 0 Å². The largest absolute Gasteiger partial charge is 0.303 e. The molecule has 2 N–H and O–H groups in total. The zero-order valence-corrected chi connectivity index (χ0v) is 6.43. The first kappa shape index (κ1) is 9.90. The van der Waals surface area contributed by atoms with E-state index in [4.69, 9.17) is 10.5 Å². The molecule has 0 atom stereocenters. The molecule has 4 heteroatoms. The molecule has 0 saturated carbocycles. The Morgan fingerprint density at radius 1 is 0.909 bits per heavy atom. The van der Waals surface area contributed by atoms with Crippen LogP contribution >= 0.6 is 0 Å². The number of nitrogens with zero attached hydrogens (tertiary/aromatic N) is 2. The smallest absolute Gasteiger partial charge is 0.0635 e. The average Bonchev–Trinajstić information content (AvgIpc) is 2.03. The summed E-state index contributed by atoms with van der Waals surface area (Å²) in [6.07, 6.45) is 1.06. The average molecular weight is 152 g/mol. The van der Waals surface area contributed by atoms with Gasteiger partial charge in [-0.1, -0.05) is 0 Å². The highest BCUT2D eigenvalue weighted by Gasteiger charge is 1.84. The molecule has 0 aromatic carbocycles. The second kappa shape index (κ2) is 8.90. The zero-order valence-electron chi connectivity index (χ0n) is 6.43. The van der Waals surface area contributed by atoms with Crippen LogP contribution in [0.25, 0.3) is 0 Å². The molecule has 0 aromatic rings. The molecule has 0 unspecified atom stereocenters. The van der Waals surface area contributed by atoms with Crippen LogP contribution in [0.1, 0.15) is 12.8 Å². The number of hydrogen-bond donors (Lipinski definition) is 2. The summed E-state index contributed by atoms with van der Waals surface area (Å²) >= 11 is 0. The van der Waals surface area contributed by atoms with Crippen LogP contribution in [0.4, 0.5) is 0 Å². The summed E-state index contributed by atoms with van der Waals surface area (Å²) < 4.78 is 0. The highest BCUT2D eigenvalue weighted by molar-refractivity contribution is 4.71. The van der Waals surface area contributed by atoms with E-state index in [2.05, 4.69) is 10.6 Å². The van der Waals surface area contributed by atoms with Gasteiger partial charge >= 0.3 is 0 Å². The van der Waals surface area contributed by atoms with Crippen LogP contribution in [-0.2, 0) is 0 Å². The van der Waals surface area contributed by atoms with Crippen molar-refractivity contribution in [2.75, 3.05) is 19.8 Å². The molecule has 0 bridgehead atoms. The SMILES string of the molecule is N#CCCNCNCCC#N. The van der Waals surface area contributed by atoms with E-state index in [0.717, 1.165) is 0 Å². The van der Waals surface area contributed by atoms with E-state index in [1.54, 1.807) is 0 Å². The van der Waals surface area contributed by atoms with Gasteiger partial charge in [0, 0.05) is 32.6 Å². The molecule has 0 rings (SSSR count). The molecule has 0 fully saturated rings. The van der Waals surface area contributed by atoms with Crippen LogP contribution in [0.3, 0.4) is 0 Å². The van der Waals surface area contributed by atoms with Crippen molar-refractivity contribution in [3.63, 3.8) is 0 Å². The molecule has 0 aliphatic carbocycles. The minimum atomic E-state index is 0.528. The molecule has 60 valence electrons. The molecular weight excluding hydrogens is 140 g/mol. The third kappa shape index (κ3) is 8.90. The maximum Gasteiger partial charge on any atom is 0.0635 e. The predicted molar refractivity (Wildman–Crippen MR) is 41.3 cm³/mol. The molecule has 0 saturated heterocycles. The van der Waals surface area contributed by atoms with Gasteiger partial charge in [-0.2, -0.15) is 10.5 Å². The van der Waals surface area contributed by atoms with Crippen molar-refractivity contribution in [3.05, 3.63) is 0 Å². The molecular formula is C7H12N4. The first-order valence-electron chi connectivity index (χ1n) is 3.57. The second-order valence-electron chi connectivity index (χ2n) is 1.99. The van der Waals surface area contributed by atoms with Gasteiger partial charge in [-0.15, -0.1) is 0 Å². The maximum atomic E-state index is 8.15. The summed E-state index contributed by atoms with van der Waals surface area (Å²) in [5.41, 5.74) is 0. The van der Waals surface area contributed by atoms with Crippen molar-refractivity contribution < 1.29 is 0 Å². The van der Waals surface area contributed by atoms with Crippen molar-refractivity contribution in [3.8, 4) is 12.1 Å². The lowest BCUT2D eigenvalue weighted by Gasteiger charge is -2.01. The lowest BCUT2D eigenvalue weighted by atomic mass is 10.4. The summed E-state index contributed by atoms with van der Waals surface area (Å²) in [7, 11) is 0. The van der Waals surface area contributed by atoms with E-state index in [9.17, 15) is 0 Å². The standard InChI is InChI=1S/C7H12N4/c8-3-1-5-10-7-11-6-2-4-9/h10-11H,1-2,5-7H2.